The van der Waals surface area contributed by atoms with E-state index in [1.807, 2.05) is 24.0 Å². The molecular weight excluding hydrogens is 166 g/mol. The molecule has 0 atom stereocenters. The molecule has 0 fully saturated rings. The van der Waals surface area contributed by atoms with Crippen molar-refractivity contribution in [3.63, 3.8) is 0 Å². The molecule has 68 valence electrons. The van der Waals surface area contributed by atoms with Crippen LogP contribution in [0.2, 0.25) is 0 Å². The first-order chi connectivity index (χ1) is 6.25. The second-order valence-corrected chi connectivity index (χ2v) is 2.89. The number of aryl methyl sites for hydroxylation is 1. The first kappa shape index (κ1) is 7.85. The van der Waals surface area contributed by atoms with Crippen molar-refractivity contribution in [1.82, 2.24) is 19.3 Å². The molecule has 2 aromatic heterocycles. The molecule has 0 aliphatic rings. The van der Waals surface area contributed by atoms with Crippen molar-refractivity contribution in [3.05, 3.63) is 30.5 Å². The predicted octanol–water partition coefficient (Wildman–Crippen LogP) is 0.247. The fraction of sp³-hybridized carbons (Fsp3) is 0.250. The van der Waals surface area contributed by atoms with Gasteiger partial charge in [-0.2, -0.15) is 5.10 Å². The Labute approximate surface area is 75.8 Å². The summed E-state index contributed by atoms with van der Waals surface area (Å²) in [4.78, 5) is 4.18. The van der Waals surface area contributed by atoms with Crippen molar-refractivity contribution < 1.29 is 0 Å². The first-order valence-electron chi connectivity index (χ1n) is 4.01. The highest BCUT2D eigenvalue weighted by molar-refractivity contribution is 5.23. The minimum absolute atomic E-state index is 0.536. The minimum atomic E-state index is 0.536. The van der Waals surface area contributed by atoms with Gasteiger partial charge in [-0.25, -0.2) is 4.98 Å². The number of nitrogens with two attached hydrogens (primary N) is 1. The summed E-state index contributed by atoms with van der Waals surface area (Å²) in [6.07, 6.45) is 5.51. The Kier molecular flexibility index (Phi) is 1.77. The van der Waals surface area contributed by atoms with Gasteiger partial charge in [0.25, 0.3) is 0 Å². The average molecular weight is 177 g/mol. The number of hydrogen-bond acceptors (Lipinski definition) is 3. The molecule has 5 heteroatoms. The quantitative estimate of drug-likeness (QED) is 0.715. The molecule has 0 aliphatic carbocycles. The lowest BCUT2D eigenvalue weighted by Crippen LogP contribution is -2.06. The monoisotopic (exact) mass is 177 g/mol. The molecule has 0 aliphatic heterocycles. The topological polar surface area (TPSA) is 61.7 Å². The molecule has 0 amide bonds. The van der Waals surface area contributed by atoms with Gasteiger partial charge in [-0.15, -0.1) is 0 Å². The Morgan fingerprint density at radius 2 is 2.31 bits per heavy atom. The standard InChI is InChI=1S/C8H11N5/c1-12-5-3-10-8(12)6-13-4-2-7(9)11-13/h2-5H,6H2,1H3,(H2,9,11). The maximum Gasteiger partial charge on any atom is 0.145 e. The normalized spacial score (nSPS) is 10.5. The van der Waals surface area contributed by atoms with Crippen LogP contribution in [-0.4, -0.2) is 19.3 Å². The summed E-state index contributed by atoms with van der Waals surface area (Å²) >= 11 is 0. The van der Waals surface area contributed by atoms with E-state index in [0.29, 0.717) is 12.4 Å². The number of imidazole rings is 1. The molecule has 2 aromatic rings. The third-order valence-corrected chi connectivity index (χ3v) is 1.89. The third-order valence-electron chi connectivity index (χ3n) is 1.89. The molecule has 13 heavy (non-hydrogen) atoms. The van der Waals surface area contributed by atoms with Gasteiger partial charge >= 0.3 is 0 Å². The van der Waals surface area contributed by atoms with Gasteiger partial charge in [0, 0.05) is 25.6 Å². The first-order valence-corrected chi connectivity index (χ1v) is 4.01. The number of hydrogen-bond donors (Lipinski definition) is 1. The average Bonchev–Trinajstić information content (AvgIpc) is 2.64. The van der Waals surface area contributed by atoms with E-state index in [9.17, 15) is 0 Å². The Hall–Kier alpha value is -1.78. The van der Waals surface area contributed by atoms with Gasteiger partial charge < -0.3 is 10.3 Å². The Morgan fingerprint density at radius 1 is 1.46 bits per heavy atom. The maximum atomic E-state index is 5.49. The van der Waals surface area contributed by atoms with Crippen molar-refractivity contribution in [2.24, 2.45) is 7.05 Å². The lowest BCUT2D eigenvalue weighted by molar-refractivity contribution is 0.634. The van der Waals surface area contributed by atoms with Crippen LogP contribution in [0.1, 0.15) is 5.82 Å². The molecule has 2 N–H and O–H groups in total. The summed E-state index contributed by atoms with van der Waals surface area (Å²) in [6, 6.07) is 1.77. The van der Waals surface area contributed by atoms with Crippen molar-refractivity contribution in [3.8, 4) is 0 Å². The van der Waals surface area contributed by atoms with Crippen LogP contribution < -0.4 is 5.73 Å². The van der Waals surface area contributed by atoms with Crippen LogP contribution in [0.5, 0.6) is 0 Å². The molecule has 0 spiro atoms. The van der Waals surface area contributed by atoms with Crippen molar-refractivity contribution in [2.75, 3.05) is 5.73 Å². The highest BCUT2D eigenvalue weighted by Gasteiger charge is 2.00. The zero-order valence-electron chi connectivity index (χ0n) is 7.38. The summed E-state index contributed by atoms with van der Waals surface area (Å²) in [6.45, 7) is 0.653. The van der Waals surface area contributed by atoms with Gasteiger partial charge in [-0.05, 0) is 6.07 Å². The Bertz CT molecular complexity index is 400. The fourth-order valence-electron chi connectivity index (χ4n) is 1.16. The van der Waals surface area contributed by atoms with Crippen LogP contribution in [0.15, 0.2) is 24.7 Å². The Morgan fingerprint density at radius 3 is 2.85 bits per heavy atom. The van der Waals surface area contributed by atoms with E-state index >= 15 is 0 Å². The molecule has 0 saturated heterocycles. The molecule has 0 aromatic carbocycles. The Balaban J connectivity index is 2.19. The highest BCUT2D eigenvalue weighted by atomic mass is 15.3. The van der Waals surface area contributed by atoms with Gasteiger partial charge in [0.05, 0.1) is 6.54 Å². The van der Waals surface area contributed by atoms with Crippen LogP contribution in [0, 0.1) is 0 Å². The molecule has 2 heterocycles. The van der Waals surface area contributed by atoms with E-state index < -0.39 is 0 Å². The van der Waals surface area contributed by atoms with Gasteiger partial charge in [0.2, 0.25) is 0 Å². The minimum Gasteiger partial charge on any atom is -0.382 e. The highest BCUT2D eigenvalue weighted by Crippen LogP contribution is 2.00. The molecule has 0 unspecified atom stereocenters. The number of anilines is 1. The van der Waals surface area contributed by atoms with Gasteiger partial charge in [-0.1, -0.05) is 0 Å². The van der Waals surface area contributed by atoms with Crippen molar-refractivity contribution >= 4 is 5.82 Å². The molecule has 0 bridgehead atoms. The van der Waals surface area contributed by atoms with Crippen LogP contribution in [0.3, 0.4) is 0 Å². The van der Waals surface area contributed by atoms with E-state index in [2.05, 4.69) is 10.1 Å². The van der Waals surface area contributed by atoms with Crippen LogP contribution in [0.25, 0.3) is 0 Å². The second-order valence-electron chi connectivity index (χ2n) is 2.89. The number of nitrogen functional groups attached to an aromatic ring is 1. The number of aromatic nitrogens is 4. The summed E-state index contributed by atoms with van der Waals surface area (Å²) in [7, 11) is 1.95. The lowest BCUT2D eigenvalue weighted by atomic mass is 10.6. The van der Waals surface area contributed by atoms with Gasteiger partial charge in [0.15, 0.2) is 0 Å². The summed E-state index contributed by atoms with van der Waals surface area (Å²) < 4.78 is 3.72. The summed E-state index contributed by atoms with van der Waals surface area (Å²) in [5.74, 6) is 1.50. The maximum absolute atomic E-state index is 5.49. The van der Waals surface area contributed by atoms with Gasteiger partial charge in [0.1, 0.15) is 11.6 Å². The predicted molar refractivity (Wildman–Crippen MR) is 48.9 cm³/mol. The zero-order valence-corrected chi connectivity index (χ0v) is 7.38. The second kappa shape index (κ2) is 2.93. The SMILES string of the molecule is Cn1ccnc1Cn1ccc(N)n1. The summed E-state index contributed by atoms with van der Waals surface area (Å²) in [5, 5.41) is 4.07. The van der Waals surface area contributed by atoms with Crippen LogP contribution >= 0.6 is 0 Å². The number of rotatable bonds is 2. The molecule has 0 saturated carbocycles. The van der Waals surface area contributed by atoms with E-state index in [0.717, 1.165) is 5.82 Å². The van der Waals surface area contributed by atoms with Crippen molar-refractivity contribution in [1.29, 1.82) is 0 Å². The summed E-state index contributed by atoms with van der Waals surface area (Å²) in [5.41, 5.74) is 5.49. The van der Waals surface area contributed by atoms with Gasteiger partial charge in [-0.3, -0.25) is 4.68 Å². The molecule has 2 rings (SSSR count). The largest absolute Gasteiger partial charge is 0.382 e. The lowest BCUT2D eigenvalue weighted by Gasteiger charge is -2.00. The van der Waals surface area contributed by atoms with Crippen LogP contribution in [-0.2, 0) is 13.6 Å². The smallest absolute Gasteiger partial charge is 0.145 e. The van der Waals surface area contributed by atoms with E-state index in [1.165, 1.54) is 0 Å². The van der Waals surface area contributed by atoms with E-state index in [4.69, 9.17) is 5.73 Å². The third kappa shape index (κ3) is 1.53. The number of nitrogens with zero attached hydrogens (tertiary/aromatic N) is 4. The van der Waals surface area contributed by atoms with Crippen LogP contribution in [0.4, 0.5) is 5.82 Å². The van der Waals surface area contributed by atoms with E-state index in [-0.39, 0.29) is 0 Å². The molecule has 0 radical (unpaired) electrons. The van der Waals surface area contributed by atoms with Crippen molar-refractivity contribution in [2.45, 2.75) is 6.54 Å². The fourth-order valence-corrected chi connectivity index (χ4v) is 1.16. The molecule has 5 nitrogen and oxygen atoms in total. The molecular formula is C8H11N5. The van der Waals surface area contributed by atoms with E-state index in [1.54, 1.807) is 16.9 Å². The zero-order chi connectivity index (χ0) is 9.26.